The van der Waals surface area contributed by atoms with E-state index in [4.69, 9.17) is 0 Å². The lowest BCUT2D eigenvalue weighted by Crippen LogP contribution is -2.27. The number of aromatic hydroxyl groups is 1. The third-order valence-electron chi connectivity index (χ3n) is 4.01. The van der Waals surface area contributed by atoms with Gasteiger partial charge in [0.1, 0.15) is 22.6 Å². The molecule has 0 spiro atoms. The molecule has 0 aromatic heterocycles. The Balaban J connectivity index is 2.05. The van der Waals surface area contributed by atoms with Crippen molar-refractivity contribution in [1.82, 2.24) is 5.32 Å². The minimum Gasteiger partial charge on any atom is -0.508 e. The second-order valence-corrected chi connectivity index (χ2v) is 7.19. The summed E-state index contributed by atoms with van der Waals surface area (Å²) < 4.78 is 65.4. The predicted octanol–water partition coefficient (Wildman–Crippen LogP) is 3.68. The van der Waals surface area contributed by atoms with Gasteiger partial charge in [0, 0.05) is 18.4 Å². The third kappa shape index (κ3) is 5.44. The zero-order chi connectivity index (χ0) is 21.1. The molecule has 3 N–H and O–H groups in total. The van der Waals surface area contributed by atoms with Crippen molar-refractivity contribution in [3.05, 3.63) is 58.9 Å². The van der Waals surface area contributed by atoms with Crippen LogP contribution < -0.4 is 10.0 Å². The molecular formula is C18H18F4N2O3S. The molecule has 2 aromatic rings. The van der Waals surface area contributed by atoms with Crippen LogP contribution in [-0.4, -0.2) is 21.5 Å². The van der Waals surface area contributed by atoms with Crippen LogP contribution >= 0.6 is 0 Å². The molecule has 2 rings (SSSR count). The van der Waals surface area contributed by atoms with Crippen LogP contribution in [0.5, 0.6) is 5.75 Å². The van der Waals surface area contributed by atoms with Gasteiger partial charge in [0.05, 0.1) is 17.2 Å². The standard InChI is InChI=1S/C18H18F4N2O3S/c1-10(11-4-6-15(14(19)7-11)24-28(2)27)17(26)23-9-12-3-5-13(8-16(12)25)18(20,21)22/h3-8,10,24-25H,9H2,1-2H3,(H,23,26). The first-order valence-electron chi connectivity index (χ1n) is 8.05. The molecule has 0 heterocycles. The van der Waals surface area contributed by atoms with E-state index in [-0.39, 0.29) is 17.8 Å². The molecule has 0 saturated carbocycles. The summed E-state index contributed by atoms with van der Waals surface area (Å²) in [7, 11) is -1.45. The number of amides is 1. The summed E-state index contributed by atoms with van der Waals surface area (Å²) in [5.74, 6) is -2.52. The van der Waals surface area contributed by atoms with Gasteiger partial charge in [-0.25, -0.2) is 8.60 Å². The highest BCUT2D eigenvalue weighted by Gasteiger charge is 2.31. The van der Waals surface area contributed by atoms with E-state index in [1.54, 1.807) is 0 Å². The molecule has 28 heavy (non-hydrogen) atoms. The molecule has 0 fully saturated rings. The van der Waals surface area contributed by atoms with Gasteiger partial charge in [-0.05, 0) is 36.8 Å². The van der Waals surface area contributed by atoms with E-state index in [2.05, 4.69) is 10.0 Å². The van der Waals surface area contributed by atoms with Crippen LogP contribution in [0.4, 0.5) is 23.2 Å². The second-order valence-electron chi connectivity index (χ2n) is 6.08. The number of halogens is 4. The minimum absolute atomic E-state index is 0.0341. The average molecular weight is 418 g/mol. The SMILES string of the molecule is CC(C(=O)NCc1ccc(C(F)(F)F)cc1O)c1ccc(NS(C)=O)c(F)c1. The van der Waals surface area contributed by atoms with Gasteiger partial charge in [0.15, 0.2) is 0 Å². The zero-order valence-electron chi connectivity index (χ0n) is 14.9. The number of hydrogen-bond donors (Lipinski definition) is 3. The van der Waals surface area contributed by atoms with Gasteiger partial charge in [-0.2, -0.15) is 13.2 Å². The fourth-order valence-electron chi connectivity index (χ4n) is 2.41. The number of alkyl halides is 3. The largest absolute Gasteiger partial charge is 0.508 e. The summed E-state index contributed by atoms with van der Waals surface area (Å²) in [4.78, 5) is 12.3. The lowest BCUT2D eigenvalue weighted by molar-refractivity contribution is -0.137. The summed E-state index contributed by atoms with van der Waals surface area (Å²) in [5, 5.41) is 12.2. The average Bonchev–Trinajstić information content (AvgIpc) is 2.60. The van der Waals surface area contributed by atoms with Gasteiger partial charge in [-0.3, -0.25) is 4.79 Å². The fraction of sp³-hybridized carbons (Fsp3) is 0.278. The molecule has 0 aliphatic heterocycles. The smallest absolute Gasteiger partial charge is 0.416 e. The van der Waals surface area contributed by atoms with Crippen LogP contribution in [0.3, 0.4) is 0 Å². The number of rotatable bonds is 6. The zero-order valence-corrected chi connectivity index (χ0v) is 15.7. The van der Waals surface area contributed by atoms with Crippen LogP contribution in [0.25, 0.3) is 0 Å². The predicted molar refractivity (Wildman–Crippen MR) is 97.5 cm³/mol. The van der Waals surface area contributed by atoms with Gasteiger partial charge < -0.3 is 15.1 Å². The number of carbonyl (C=O) groups is 1. The third-order valence-corrected chi connectivity index (χ3v) is 4.51. The summed E-state index contributed by atoms with van der Waals surface area (Å²) in [6.07, 6.45) is -3.23. The number of anilines is 1. The van der Waals surface area contributed by atoms with E-state index in [0.29, 0.717) is 11.6 Å². The first-order chi connectivity index (χ1) is 13.0. The maximum absolute atomic E-state index is 14.0. The van der Waals surface area contributed by atoms with Gasteiger partial charge in [-0.15, -0.1) is 0 Å². The van der Waals surface area contributed by atoms with Gasteiger partial charge >= 0.3 is 6.18 Å². The van der Waals surface area contributed by atoms with Crippen LogP contribution in [0.2, 0.25) is 0 Å². The molecule has 5 nitrogen and oxygen atoms in total. The molecule has 2 aromatic carbocycles. The molecule has 0 aliphatic rings. The van der Waals surface area contributed by atoms with Crippen molar-refractivity contribution < 1.29 is 31.7 Å². The number of phenolic OH excluding ortho intramolecular Hbond substituents is 1. The van der Waals surface area contributed by atoms with Crippen LogP contribution in [0.15, 0.2) is 36.4 Å². The lowest BCUT2D eigenvalue weighted by atomic mass is 9.99. The number of benzene rings is 2. The molecule has 0 radical (unpaired) electrons. The molecule has 2 unspecified atom stereocenters. The molecule has 0 saturated heterocycles. The van der Waals surface area contributed by atoms with Crippen LogP contribution in [0, 0.1) is 5.82 Å². The Morgan fingerprint density at radius 1 is 1.21 bits per heavy atom. The topological polar surface area (TPSA) is 78.4 Å². The lowest BCUT2D eigenvalue weighted by Gasteiger charge is -2.15. The van der Waals surface area contributed by atoms with Crippen molar-refractivity contribution in [1.29, 1.82) is 0 Å². The number of hydrogen-bond acceptors (Lipinski definition) is 3. The molecule has 0 aliphatic carbocycles. The van der Waals surface area contributed by atoms with Crippen molar-refractivity contribution in [2.24, 2.45) is 0 Å². The van der Waals surface area contributed by atoms with E-state index in [1.165, 1.54) is 25.3 Å². The van der Waals surface area contributed by atoms with Gasteiger partial charge in [-0.1, -0.05) is 12.1 Å². The maximum atomic E-state index is 14.0. The molecule has 152 valence electrons. The molecule has 2 atom stereocenters. The molecule has 0 bridgehead atoms. The Labute approximate surface area is 161 Å². The van der Waals surface area contributed by atoms with Crippen molar-refractivity contribution in [2.75, 3.05) is 11.0 Å². The Kier molecular flexibility index (Phi) is 6.65. The first kappa shape index (κ1) is 21.7. The summed E-state index contributed by atoms with van der Waals surface area (Å²) in [6.45, 7) is 1.34. The highest BCUT2D eigenvalue weighted by atomic mass is 32.2. The first-order valence-corrected chi connectivity index (χ1v) is 9.61. The normalized spacial score (nSPS) is 13.6. The highest BCUT2D eigenvalue weighted by molar-refractivity contribution is 7.85. The molecule has 10 heteroatoms. The number of carbonyl (C=O) groups excluding carboxylic acids is 1. The maximum Gasteiger partial charge on any atom is 0.416 e. The molecule has 1 amide bonds. The second kappa shape index (κ2) is 8.59. The van der Waals surface area contributed by atoms with E-state index in [0.717, 1.165) is 18.2 Å². The van der Waals surface area contributed by atoms with Gasteiger partial charge in [0.2, 0.25) is 5.91 Å². The van der Waals surface area contributed by atoms with Crippen LogP contribution in [0.1, 0.15) is 29.5 Å². The fourth-order valence-corrected chi connectivity index (χ4v) is 2.89. The van der Waals surface area contributed by atoms with Gasteiger partial charge in [0.25, 0.3) is 0 Å². The Hall–Kier alpha value is -2.62. The summed E-state index contributed by atoms with van der Waals surface area (Å²) in [5.41, 5.74) is -0.485. The van der Waals surface area contributed by atoms with E-state index in [1.807, 2.05) is 0 Å². The number of nitrogens with one attached hydrogen (secondary N) is 2. The summed E-state index contributed by atoms with van der Waals surface area (Å²) >= 11 is 0. The van der Waals surface area contributed by atoms with E-state index in [9.17, 15) is 31.7 Å². The summed E-state index contributed by atoms with van der Waals surface area (Å²) in [6, 6.07) is 6.46. The monoisotopic (exact) mass is 418 g/mol. The Morgan fingerprint density at radius 3 is 2.43 bits per heavy atom. The Morgan fingerprint density at radius 2 is 1.89 bits per heavy atom. The van der Waals surface area contributed by atoms with Crippen molar-refractivity contribution in [2.45, 2.75) is 25.6 Å². The van der Waals surface area contributed by atoms with Crippen molar-refractivity contribution in [3.8, 4) is 5.75 Å². The van der Waals surface area contributed by atoms with Crippen molar-refractivity contribution in [3.63, 3.8) is 0 Å². The highest BCUT2D eigenvalue weighted by Crippen LogP contribution is 2.32. The van der Waals surface area contributed by atoms with E-state index < -0.39 is 46.1 Å². The minimum atomic E-state index is -4.58. The number of phenols is 1. The Bertz CT molecular complexity index is 903. The van der Waals surface area contributed by atoms with Crippen molar-refractivity contribution >= 4 is 22.6 Å². The quantitative estimate of drug-likeness (QED) is 0.627. The molecular weight excluding hydrogens is 400 g/mol. The van der Waals surface area contributed by atoms with E-state index >= 15 is 0 Å². The van der Waals surface area contributed by atoms with Crippen LogP contribution in [-0.2, 0) is 28.5 Å².